The lowest BCUT2D eigenvalue weighted by molar-refractivity contribution is -0.117. The minimum Gasteiger partial charge on any atom is -0.383 e. The van der Waals surface area contributed by atoms with Gasteiger partial charge in [-0.3, -0.25) is 9.59 Å². The Kier molecular flexibility index (Phi) is 7.13. The summed E-state index contributed by atoms with van der Waals surface area (Å²) in [6.07, 6.45) is 2.74. The first-order valence-corrected chi connectivity index (χ1v) is 11.1. The van der Waals surface area contributed by atoms with Gasteiger partial charge in [0.15, 0.2) is 0 Å². The Hall–Kier alpha value is -3.41. The van der Waals surface area contributed by atoms with Crippen molar-refractivity contribution in [3.63, 3.8) is 0 Å². The number of aryl methyl sites for hydroxylation is 2. The van der Waals surface area contributed by atoms with E-state index in [-0.39, 0.29) is 23.2 Å². The van der Waals surface area contributed by atoms with E-state index < -0.39 is 5.91 Å². The first kappa shape index (κ1) is 23.3. The largest absolute Gasteiger partial charge is 0.383 e. The summed E-state index contributed by atoms with van der Waals surface area (Å²) in [4.78, 5) is 24.6. The molecule has 3 rings (SSSR count). The van der Waals surface area contributed by atoms with Crippen LogP contribution in [0.25, 0.3) is 11.3 Å². The highest BCUT2D eigenvalue weighted by Crippen LogP contribution is 2.29. The molecule has 0 spiro atoms. The zero-order valence-electron chi connectivity index (χ0n) is 19.3. The number of amides is 1. The second-order valence-corrected chi connectivity index (χ2v) is 8.41. The maximum atomic E-state index is 12.7. The third kappa shape index (κ3) is 4.90. The molecule has 0 aliphatic heterocycles. The molecule has 6 nitrogen and oxygen atoms in total. The molecule has 0 atom stereocenters. The van der Waals surface area contributed by atoms with Crippen LogP contribution in [0.4, 0.5) is 5.82 Å². The van der Waals surface area contributed by atoms with Gasteiger partial charge in [0.1, 0.15) is 22.9 Å². The van der Waals surface area contributed by atoms with Gasteiger partial charge in [-0.1, -0.05) is 56.3 Å². The van der Waals surface area contributed by atoms with Crippen LogP contribution in [-0.2, 0) is 30.5 Å². The molecule has 0 saturated heterocycles. The number of carbonyl (C=O) groups is 2. The number of aromatic nitrogens is 2. The van der Waals surface area contributed by atoms with Crippen molar-refractivity contribution in [1.82, 2.24) is 9.78 Å². The molecule has 168 valence electrons. The zero-order chi connectivity index (χ0) is 23.4. The first-order valence-electron chi connectivity index (χ1n) is 11.1. The standard InChI is InChI=1S/C26H32N4O2/c1-5-19-10-9-18(13-20(19)6-2)15-22(31)14-17-7-11-21(12-8-17)24-23(26(28)32)25(27)30(29-24)16(3)4/h7-13,16H,5-6,14-15,27H2,1-4H3,(H2,28,32). The number of nitrogens with zero attached hydrogens (tertiary/aromatic N) is 2. The number of Topliss-reactive ketones (excluding diaryl/α,β-unsaturated/α-hetero) is 1. The summed E-state index contributed by atoms with van der Waals surface area (Å²) in [5, 5.41) is 4.50. The van der Waals surface area contributed by atoms with Gasteiger partial charge in [-0.25, -0.2) is 4.68 Å². The third-order valence-corrected chi connectivity index (χ3v) is 5.75. The molecular formula is C26H32N4O2. The van der Waals surface area contributed by atoms with E-state index in [2.05, 4.69) is 37.1 Å². The second kappa shape index (κ2) is 9.81. The van der Waals surface area contributed by atoms with Crippen LogP contribution in [-0.4, -0.2) is 21.5 Å². The zero-order valence-corrected chi connectivity index (χ0v) is 19.3. The van der Waals surface area contributed by atoms with Crippen LogP contribution in [0.2, 0.25) is 0 Å². The SMILES string of the molecule is CCc1ccc(CC(=O)Cc2ccc(-c3nn(C(C)C)c(N)c3C(N)=O)cc2)cc1CC. The average molecular weight is 433 g/mol. The van der Waals surface area contributed by atoms with Gasteiger partial charge >= 0.3 is 0 Å². The van der Waals surface area contributed by atoms with E-state index in [9.17, 15) is 9.59 Å². The molecule has 6 heteroatoms. The highest BCUT2D eigenvalue weighted by molar-refractivity contribution is 6.03. The Morgan fingerprint density at radius 1 is 0.938 bits per heavy atom. The lowest BCUT2D eigenvalue weighted by atomic mass is 9.96. The smallest absolute Gasteiger partial charge is 0.254 e. The molecule has 0 aliphatic carbocycles. The van der Waals surface area contributed by atoms with Crippen molar-refractivity contribution in [1.29, 1.82) is 0 Å². The summed E-state index contributed by atoms with van der Waals surface area (Å²) >= 11 is 0. The van der Waals surface area contributed by atoms with Crippen molar-refractivity contribution in [2.75, 3.05) is 5.73 Å². The third-order valence-electron chi connectivity index (χ3n) is 5.75. The Morgan fingerprint density at radius 3 is 2.09 bits per heavy atom. The topological polar surface area (TPSA) is 104 Å². The van der Waals surface area contributed by atoms with Gasteiger partial charge in [-0.05, 0) is 48.9 Å². The Labute approximate surface area is 189 Å². The fourth-order valence-corrected chi connectivity index (χ4v) is 4.05. The number of ketones is 1. The number of primary amides is 1. The number of carbonyl (C=O) groups excluding carboxylic acids is 2. The van der Waals surface area contributed by atoms with Crippen molar-refractivity contribution < 1.29 is 9.59 Å². The molecule has 3 aromatic rings. The molecule has 1 aromatic heterocycles. The van der Waals surface area contributed by atoms with E-state index in [1.165, 1.54) is 11.1 Å². The quantitative estimate of drug-likeness (QED) is 0.526. The molecule has 0 bridgehead atoms. The van der Waals surface area contributed by atoms with E-state index in [0.29, 0.717) is 18.5 Å². The van der Waals surface area contributed by atoms with Gasteiger partial charge in [-0.15, -0.1) is 0 Å². The highest BCUT2D eigenvalue weighted by Gasteiger charge is 2.22. The van der Waals surface area contributed by atoms with Crippen LogP contribution in [0.3, 0.4) is 0 Å². The normalized spacial score (nSPS) is 11.2. The predicted molar refractivity (Wildman–Crippen MR) is 129 cm³/mol. The molecule has 0 aliphatic rings. The van der Waals surface area contributed by atoms with Crippen molar-refractivity contribution in [2.45, 2.75) is 59.4 Å². The van der Waals surface area contributed by atoms with E-state index in [1.807, 2.05) is 38.1 Å². The lowest BCUT2D eigenvalue weighted by Crippen LogP contribution is -2.15. The van der Waals surface area contributed by atoms with Gasteiger partial charge < -0.3 is 11.5 Å². The lowest BCUT2D eigenvalue weighted by Gasteiger charge is -2.09. The van der Waals surface area contributed by atoms with Crippen LogP contribution >= 0.6 is 0 Å². The van der Waals surface area contributed by atoms with Crippen LogP contribution in [0.5, 0.6) is 0 Å². The highest BCUT2D eigenvalue weighted by atomic mass is 16.1. The number of benzene rings is 2. The monoisotopic (exact) mass is 432 g/mol. The molecule has 4 N–H and O–H groups in total. The molecule has 0 saturated carbocycles. The van der Waals surface area contributed by atoms with Crippen molar-refractivity contribution in [3.05, 3.63) is 70.3 Å². The van der Waals surface area contributed by atoms with Gasteiger partial charge in [0.2, 0.25) is 0 Å². The van der Waals surface area contributed by atoms with Crippen molar-refractivity contribution >= 4 is 17.5 Å². The van der Waals surface area contributed by atoms with E-state index in [1.54, 1.807) is 4.68 Å². The fourth-order valence-electron chi connectivity index (χ4n) is 4.05. The Morgan fingerprint density at radius 2 is 1.53 bits per heavy atom. The number of nitrogen functional groups attached to an aromatic ring is 1. The molecule has 1 heterocycles. The van der Waals surface area contributed by atoms with Crippen LogP contribution in [0, 0.1) is 0 Å². The summed E-state index contributed by atoms with van der Waals surface area (Å²) in [6.45, 7) is 8.16. The molecule has 0 unspecified atom stereocenters. The summed E-state index contributed by atoms with van der Waals surface area (Å²) in [6, 6.07) is 13.8. The number of hydrogen-bond donors (Lipinski definition) is 2. The van der Waals surface area contributed by atoms with Crippen LogP contribution in [0.15, 0.2) is 42.5 Å². The fraction of sp³-hybridized carbons (Fsp3) is 0.346. The summed E-state index contributed by atoms with van der Waals surface area (Å²) in [7, 11) is 0. The molecule has 1 amide bonds. The number of hydrogen-bond acceptors (Lipinski definition) is 4. The van der Waals surface area contributed by atoms with Gasteiger partial charge in [0, 0.05) is 24.4 Å². The van der Waals surface area contributed by atoms with Gasteiger partial charge in [0.05, 0.1) is 0 Å². The predicted octanol–water partition coefficient (Wildman–Crippen LogP) is 4.29. The maximum Gasteiger partial charge on any atom is 0.254 e. The van der Waals surface area contributed by atoms with E-state index >= 15 is 0 Å². The van der Waals surface area contributed by atoms with E-state index in [0.717, 1.165) is 29.5 Å². The molecule has 0 radical (unpaired) electrons. The Bertz CT molecular complexity index is 1130. The molecule has 2 aromatic carbocycles. The number of rotatable bonds is 9. The summed E-state index contributed by atoms with van der Waals surface area (Å²) < 4.78 is 1.60. The minimum absolute atomic E-state index is 0.00152. The molecule has 32 heavy (non-hydrogen) atoms. The average Bonchev–Trinajstić information content (AvgIpc) is 3.11. The van der Waals surface area contributed by atoms with Gasteiger partial charge in [-0.2, -0.15) is 5.10 Å². The van der Waals surface area contributed by atoms with E-state index in [4.69, 9.17) is 11.5 Å². The molecular weight excluding hydrogens is 400 g/mol. The van der Waals surface area contributed by atoms with Crippen LogP contribution < -0.4 is 11.5 Å². The first-order chi connectivity index (χ1) is 15.2. The van der Waals surface area contributed by atoms with Gasteiger partial charge in [0.25, 0.3) is 5.91 Å². The van der Waals surface area contributed by atoms with Crippen LogP contribution in [0.1, 0.15) is 66.3 Å². The number of anilines is 1. The van der Waals surface area contributed by atoms with Crippen molar-refractivity contribution in [3.8, 4) is 11.3 Å². The summed E-state index contributed by atoms with van der Waals surface area (Å²) in [5.74, 6) is -0.179. The van der Waals surface area contributed by atoms with Crippen molar-refractivity contribution in [2.24, 2.45) is 5.73 Å². The second-order valence-electron chi connectivity index (χ2n) is 8.41. The maximum absolute atomic E-state index is 12.7. The molecule has 0 fully saturated rings. The minimum atomic E-state index is -0.607. The summed E-state index contributed by atoms with van der Waals surface area (Å²) in [5.41, 5.74) is 17.7. The number of nitrogens with two attached hydrogens (primary N) is 2. The Balaban J connectivity index is 1.76.